The van der Waals surface area contributed by atoms with Gasteiger partial charge in [0.1, 0.15) is 11.7 Å². The molecule has 58 heavy (non-hydrogen) atoms. The van der Waals surface area contributed by atoms with Gasteiger partial charge < -0.3 is 9.88 Å². The van der Waals surface area contributed by atoms with Gasteiger partial charge in [-0.15, -0.1) is 11.3 Å². The molecule has 11 rings (SSSR count). The van der Waals surface area contributed by atoms with Crippen LogP contribution in [0, 0.1) is 0 Å². The van der Waals surface area contributed by atoms with Crippen LogP contribution in [0.3, 0.4) is 0 Å². The third kappa shape index (κ3) is 5.92. The minimum atomic E-state index is -0.411. The Balaban J connectivity index is 1.02. The third-order valence-corrected chi connectivity index (χ3v) is 12.4. The van der Waals surface area contributed by atoms with Crippen LogP contribution in [0.25, 0.3) is 70.3 Å². The molecule has 1 aliphatic rings. The van der Waals surface area contributed by atoms with Crippen molar-refractivity contribution in [2.75, 3.05) is 0 Å². The number of amidine groups is 2. The van der Waals surface area contributed by atoms with Crippen LogP contribution < -0.4 is 5.32 Å². The Morgan fingerprint density at radius 3 is 1.59 bits per heavy atom. The molecule has 274 valence electrons. The summed E-state index contributed by atoms with van der Waals surface area (Å²) in [5.41, 5.74) is 12.6. The molecule has 0 radical (unpaired) electrons. The van der Waals surface area contributed by atoms with E-state index in [1.165, 1.54) is 64.6 Å². The van der Waals surface area contributed by atoms with E-state index in [1.807, 2.05) is 35.6 Å². The number of hydrogen-bond donors (Lipinski definition) is 1. The fourth-order valence-electron chi connectivity index (χ4n) is 8.30. The number of hydrogen-bond acceptors (Lipinski definition) is 4. The maximum Gasteiger partial charge on any atom is 0.169 e. The molecule has 3 heterocycles. The van der Waals surface area contributed by atoms with Crippen LogP contribution in [0.1, 0.15) is 22.9 Å². The van der Waals surface area contributed by atoms with Gasteiger partial charge in [0.05, 0.1) is 11.0 Å². The molecule has 2 aromatic heterocycles. The largest absolute Gasteiger partial charge is 0.324 e. The van der Waals surface area contributed by atoms with Crippen LogP contribution in [0.15, 0.2) is 216 Å². The van der Waals surface area contributed by atoms with Crippen molar-refractivity contribution in [3.05, 3.63) is 223 Å². The molecule has 0 fully saturated rings. The second kappa shape index (κ2) is 14.3. The Morgan fingerprint density at radius 1 is 0.414 bits per heavy atom. The van der Waals surface area contributed by atoms with Gasteiger partial charge in [-0.1, -0.05) is 182 Å². The fourth-order valence-corrected chi connectivity index (χ4v) is 9.69. The molecule has 10 aromatic rings. The lowest BCUT2D eigenvalue weighted by Crippen LogP contribution is -2.36. The van der Waals surface area contributed by atoms with Crippen molar-refractivity contribution in [3.8, 4) is 38.4 Å². The summed E-state index contributed by atoms with van der Waals surface area (Å²) in [5, 5.41) is 7.36. The number of rotatable bonds is 7. The highest BCUT2D eigenvalue weighted by atomic mass is 32.1. The van der Waals surface area contributed by atoms with Crippen LogP contribution in [0.2, 0.25) is 0 Å². The molecule has 0 aliphatic carbocycles. The minimum Gasteiger partial charge on any atom is -0.324 e. The Hall–Kier alpha value is -7.34. The Kier molecular flexibility index (Phi) is 8.37. The predicted molar refractivity (Wildman–Crippen MR) is 244 cm³/mol. The van der Waals surface area contributed by atoms with Gasteiger partial charge in [-0.25, -0.2) is 9.98 Å². The molecule has 1 atom stereocenters. The molecular formula is C53H36N4S. The molecule has 0 bridgehead atoms. The van der Waals surface area contributed by atoms with E-state index in [2.05, 4.69) is 192 Å². The van der Waals surface area contributed by atoms with Gasteiger partial charge in [0, 0.05) is 48.1 Å². The van der Waals surface area contributed by atoms with Crippen molar-refractivity contribution < 1.29 is 0 Å². The van der Waals surface area contributed by atoms with Crippen molar-refractivity contribution in [3.63, 3.8) is 0 Å². The number of nitrogens with zero attached hydrogens (tertiary/aromatic N) is 3. The molecule has 1 unspecified atom stereocenters. The average molecular weight is 761 g/mol. The quantitative estimate of drug-likeness (QED) is 0.173. The van der Waals surface area contributed by atoms with Crippen LogP contribution in [0.4, 0.5) is 0 Å². The number of thiophene rings is 1. The molecule has 1 aliphatic heterocycles. The van der Waals surface area contributed by atoms with Gasteiger partial charge >= 0.3 is 0 Å². The monoisotopic (exact) mass is 760 g/mol. The lowest BCUT2D eigenvalue weighted by molar-refractivity contribution is 0.755. The topological polar surface area (TPSA) is 41.7 Å². The smallest absolute Gasteiger partial charge is 0.169 e. The van der Waals surface area contributed by atoms with Crippen molar-refractivity contribution in [2.24, 2.45) is 9.98 Å². The molecule has 0 spiro atoms. The van der Waals surface area contributed by atoms with Crippen LogP contribution in [-0.2, 0) is 0 Å². The Bertz CT molecular complexity index is 3150. The number of aliphatic imine (C=N–C) groups is 2. The first kappa shape index (κ1) is 34.0. The molecule has 0 amide bonds. The van der Waals surface area contributed by atoms with Gasteiger partial charge in [-0.2, -0.15) is 0 Å². The van der Waals surface area contributed by atoms with Gasteiger partial charge in [0.15, 0.2) is 6.17 Å². The van der Waals surface area contributed by atoms with Gasteiger partial charge in [-0.05, 0) is 52.1 Å². The summed E-state index contributed by atoms with van der Waals surface area (Å²) in [5.74, 6) is 1.61. The van der Waals surface area contributed by atoms with E-state index < -0.39 is 6.17 Å². The SMILES string of the molecule is c1ccc(C2=NC(c3ccc(-n4c5ccccc5c5c6sc(-c7ccccc7)c(-c7ccccc7)c6ccc54)cc3)N=C(c3ccc(-c4ccccc4)cc3)N2)cc1. The second-order valence-corrected chi connectivity index (χ2v) is 15.6. The zero-order valence-corrected chi connectivity index (χ0v) is 32.3. The lowest BCUT2D eigenvalue weighted by Gasteiger charge is -2.22. The minimum absolute atomic E-state index is 0.411. The normalized spacial score (nSPS) is 14.0. The van der Waals surface area contributed by atoms with E-state index in [4.69, 9.17) is 9.98 Å². The van der Waals surface area contributed by atoms with Crippen molar-refractivity contribution in [1.82, 2.24) is 9.88 Å². The van der Waals surface area contributed by atoms with Crippen LogP contribution in [0.5, 0.6) is 0 Å². The van der Waals surface area contributed by atoms with E-state index in [-0.39, 0.29) is 0 Å². The van der Waals surface area contributed by atoms with Crippen LogP contribution >= 0.6 is 11.3 Å². The second-order valence-electron chi connectivity index (χ2n) is 14.6. The highest BCUT2D eigenvalue weighted by Crippen LogP contribution is 2.49. The number of aromatic nitrogens is 1. The maximum atomic E-state index is 5.20. The summed E-state index contributed by atoms with van der Waals surface area (Å²) in [6.45, 7) is 0. The van der Waals surface area contributed by atoms with Crippen molar-refractivity contribution in [2.45, 2.75) is 6.17 Å². The van der Waals surface area contributed by atoms with E-state index in [9.17, 15) is 0 Å². The van der Waals surface area contributed by atoms with Gasteiger partial charge in [0.2, 0.25) is 0 Å². The first-order chi connectivity index (χ1) is 28.8. The molecule has 0 saturated heterocycles. The van der Waals surface area contributed by atoms with Crippen molar-refractivity contribution in [1.29, 1.82) is 0 Å². The van der Waals surface area contributed by atoms with E-state index >= 15 is 0 Å². The Morgan fingerprint density at radius 2 is 0.931 bits per heavy atom. The fraction of sp³-hybridized carbons (Fsp3) is 0.0189. The summed E-state index contributed by atoms with van der Waals surface area (Å²) >= 11 is 1.89. The lowest BCUT2D eigenvalue weighted by atomic mass is 9.98. The van der Waals surface area contributed by atoms with E-state index in [0.29, 0.717) is 0 Å². The number of benzene rings is 8. The Labute approximate surface area is 340 Å². The zero-order chi connectivity index (χ0) is 38.4. The highest BCUT2D eigenvalue weighted by molar-refractivity contribution is 7.24. The number of fused-ring (bicyclic) bond motifs is 5. The molecular weight excluding hydrogens is 725 g/mol. The summed E-state index contributed by atoms with van der Waals surface area (Å²) < 4.78 is 3.71. The standard InChI is InChI=1S/C53H36N4S/c1-5-15-35(16-6-1)36-25-27-40(28-26-36)52-54-51(39-21-11-4-12-22-39)55-53(56-52)41-29-31-42(32-30-41)57-45-24-14-13-23-43(45)48-46(57)34-33-44-47(37-17-7-2-8-18-37)49(58-50(44)48)38-19-9-3-10-20-38/h1-34,53H,(H,54,55,56). The summed E-state index contributed by atoms with van der Waals surface area (Å²) in [4.78, 5) is 11.7. The number of para-hydroxylation sites is 1. The van der Waals surface area contributed by atoms with Gasteiger partial charge in [-0.3, -0.25) is 0 Å². The number of nitrogens with one attached hydrogen (secondary N) is 1. The molecule has 0 saturated carbocycles. The highest BCUT2D eigenvalue weighted by Gasteiger charge is 2.23. The molecule has 4 nitrogen and oxygen atoms in total. The van der Waals surface area contributed by atoms with Crippen molar-refractivity contribution >= 4 is 54.9 Å². The first-order valence-electron chi connectivity index (χ1n) is 19.6. The maximum absolute atomic E-state index is 5.20. The molecule has 5 heteroatoms. The summed E-state index contributed by atoms with van der Waals surface area (Å²) in [6.07, 6.45) is -0.411. The van der Waals surface area contributed by atoms with E-state index in [1.54, 1.807) is 0 Å². The van der Waals surface area contributed by atoms with Crippen LogP contribution in [-0.4, -0.2) is 16.2 Å². The van der Waals surface area contributed by atoms with Gasteiger partial charge in [0.25, 0.3) is 0 Å². The first-order valence-corrected chi connectivity index (χ1v) is 20.4. The predicted octanol–water partition coefficient (Wildman–Crippen LogP) is 13.5. The molecule has 1 N–H and O–H groups in total. The van der Waals surface area contributed by atoms with E-state index in [0.717, 1.165) is 34.0 Å². The summed E-state index contributed by atoms with van der Waals surface area (Å²) in [6, 6.07) is 73.2. The zero-order valence-electron chi connectivity index (χ0n) is 31.5. The third-order valence-electron chi connectivity index (χ3n) is 11.1. The average Bonchev–Trinajstić information content (AvgIpc) is 3.87. The molecule has 8 aromatic carbocycles. The summed E-state index contributed by atoms with van der Waals surface area (Å²) in [7, 11) is 0.